The topological polar surface area (TPSA) is 105 Å². The maximum Gasteiger partial charge on any atom is 0.331 e. The summed E-state index contributed by atoms with van der Waals surface area (Å²) in [6, 6.07) is -1.61. The van der Waals surface area contributed by atoms with Crippen LogP contribution in [-0.2, 0) is 16.6 Å². The highest BCUT2D eigenvalue weighted by atomic mass is 16.5. The number of aromatic nitrogens is 2. The number of hydrogen-bond acceptors (Lipinski definition) is 4. The largest absolute Gasteiger partial charge is 0.479 e. The summed E-state index contributed by atoms with van der Waals surface area (Å²) in [4.78, 5) is 22.9. The summed E-state index contributed by atoms with van der Waals surface area (Å²) < 4.78 is 6.41. The summed E-state index contributed by atoms with van der Waals surface area (Å²) in [5.74, 6) is -1.13. The number of nitrogens with zero attached hydrogens (tertiary/aromatic N) is 2. The molecule has 0 saturated heterocycles. The van der Waals surface area contributed by atoms with E-state index in [9.17, 15) is 9.59 Å². The van der Waals surface area contributed by atoms with Gasteiger partial charge in [0, 0.05) is 39.1 Å². The number of aryl methyl sites for hydroxylation is 1. The molecule has 0 aromatic carbocycles. The van der Waals surface area contributed by atoms with Gasteiger partial charge in [-0.05, 0) is 19.3 Å². The highest BCUT2D eigenvalue weighted by Gasteiger charge is 2.23. The van der Waals surface area contributed by atoms with Gasteiger partial charge in [-0.25, -0.2) is 9.59 Å². The summed E-state index contributed by atoms with van der Waals surface area (Å²) in [6.07, 6.45) is 5.68. The lowest BCUT2D eigenvalue weighted by Gasteiger charge is -2.13. The Morgan fingerprint density at radius 3 is 2.76 bits per heavy atom. The number of ether oxygens (including phenoxy) is 1. The van der Waals surface area contributed by atoms with E-state index in [1.165, 1.54) is 10.9 Å². The van der Waals surface area contributed by atoms with E-state index in [1.54, 1.807) is 20.4 Å². The number of carboxylic acids is 1. The molecule has 0 bridgehead atoms. The molecule has 8 heteroatoms. The number of carboxylic acid groups (broad SMARTS) is 1. The number of rotatable bonds is 9. The molecular weight excluding hydrogens is 276 g/mol. The molecule has 0 radical (unpaired) electrons. The molecule has 8 nitrogen and oxygen atoms in total. The van der Waals surface area contributed by atoms with E-state index in [1.807, 2.05) is 0 Å². The summed E-state index contributed by atoms with van der Waals surface area (Å²) >= 11 is 0. The third-order valence-electron chi connectivity index (χ3n) is 2.89. The van der Waals surface area contributed by atoms with Crippen molar-refractivity contribution in [1.82, 2.24) is 20.4 Å². The van der Waals surface area contributed by atoms with Gasteiger partial charge < -0.3 is 20.5 Å². The van der Waals surface area contributed by atoms with E-state index in [2.05, 4.69) is 15.7 Å². The van der Waals surface area contributed by atoms with E-state index in [0.717, 1.165) is 19.3 Å². The van der Waals surface area contributed by atoms with Gasteiger partial charge in [0.25, 0.3) is 0 Å². The van der Waals surface area contributed by atoms with Crippen molar-refractivity contribution in [2.24, 2.45) is 7.05 Å². The van der Waals surface area contributed by atoms with Crippen molar-refractivity contribution in [2.45, 2.75) is 25.3 Å². The third-order valence-corrected chi connectivity index (χ3v) is 2.89. The van der Waals surface area contributed by atoms with Gasteiger partial charge in [-0.2, -0.15) is 5.10 Å². The standard InChI is InChI=1S/C13H22N4O4/c1-17-9-10(8-15-17)11(12(18)19)16-13(20)14-6-4-3-5-7-21-2/h8-9,11H,3-7H2,1-2H3,(H,18,19)(H2,14,16,20). The molecule has 1 atom stereocenters. The van der Waals surface area contributed by atoms with Crippen LogP contribution < -0.4 is 10.6 Å². The molecule has 1 heterocycles. The maximum atomic E-state index is 11.7. The molecule has 1 aromatic rings. The van der Waals surface area contributed by atoms with Crippen LogP contribution >= 0.6 is 0 Å². The van der Waals surface area contributed by atoms with E-state index in [-0.39, 0.29) is 0 Å². The first-order valence-electron chi connectivity index (χ1n) is 6.79. The fourth-order valence-electron chi connectivity index (χ4n) is 1.81. The van der Waals surface area contributed by atoms with Crippen LogP contribution in [0.1, 0.15) is 30.9 Å². The average Bonchev–Trinajstić information content (AvgIpc) is 2.86. The van der Waals surface area contributed by atoms with Crippen LogP contribution in [0.15, 0.2) is 12.4 Å². The van der Waals surface area contributed by atoms with Crippen molar-refractivity contribution in [3.05, 3.63) is 18.0 Å². The predicted octanol–water partition coefficient (Wildman–Crippen LogP) is 0.662. The van der Waals surface area contributed by atoms with Gasteiger partial charge in [0.05, 0.1) is 6.20 Å². The Hall–Kier alpha value is -2.09. The second-order valence-electron chi connectivity index (χ2n) is 4.67. The quantitative estimate of drug-likeness (QED) is 0.581. The van der Waals surface area contributed by atoms with E-state index in [4.69, 9.17) is 9.84 Å². The van der Waals surface area contributed by atoms with Crippen LogP contribution in [0, 0.1) is 0 Å². The first-order valence-corrected chi connectivity index (χ1v) is 6.79. The number of nitrogens with one attached hydrogen (secondary N) is 2. The van der Waals surface area contributed by atoms with Gasteiger partial charge in [-0.3, -0.25) is 4.68 Å². The van der Waals surface area contributed by atoms with Crippen LogP contribution in [0.25, 0.3) is 0 Å². The predicted molar refractivity (Wildman–Crippen MR) is 75.8 cm³/mol. The van der Waals surface area contributed by atoms with Crippen molar-refractivity contribution >= 4 is 12.0 Å². The third kappa shape index (κ3) is 6.26. The molecule has 1 rings (SSSR count). The minimum absolute atomic E-state index is 0.431. The number of carbonyl (C=O) groups is 2. The molecule has 1 aromatic heterocycles. The number of amides is 2. The number of methoxy groups -OCH3 is 1. The van der Waals surface area contributed by atoms with Gasteiger partial charge in [0.15, 0.2) is 6.04 Å². The first-order chi connectivity index (χ1) is 10.0. The minimum atomic E-state index is -1.13. The van der Waals surface area contributed by atoms with E-state index in [0.29, 0.717) is 18.7 Å². The number of carbonyl (C=O) groups excluding carboxylic acids is 1. The van der Waals surface area contributed by atoms with Crippen molar-refractivity contribution in [3.8, 4) is 0 Å². The Morgan fingerprint density at radius 2 is 2.19 bits per heavy atom. The Bertz CT molecular complexity index is 461. The fraction of sp³-hybridized carbons (Fsp3) is 0.615. The Morgan fingerprint density at radius 1 is 1.43 bits per heavy atom. The lowest BCUT2D eigenvalue weighted by atomic mass is 10.1. The lowest BCUT2D eigenvalue weighted by molar-refractivity contribution is -0.139. The van der Waals surface area contributed by atoms with Gasteiger partial charge in [-0.1, -0.05) is 0 Å². The summed E-state index contributed by atoms with van der Waals surface area (Å²) in [7, 11) is 3.33. The number of unbranched alkanes of at least 4 members (excludes halogenated alkanes) is 2. The van der Waals surface area contributed by atoms with Gasteiger partial charge in [0.1, 0.15) is 0 Å². The maximum absolute atomic E-state index is 11.7. The smallest absolute Gasteiger partial charge is 0.331 e. The van der Waals surface area contributed by atoms with Gasteiger partial charge >= 0.3 is 12.0 Å². The summed E-state index contributed by atoms with van der Waals surface area (Å²) in [5, 5.41) is 18.1. The SMILES string of the molecule is COCCCCCNC(=O)NC(C(=O)O)c1cnn(C)c1. The molecule has 3 N–H and O–H groups in total. The second kappa shape index (κ2) is 8.96. The molecule has 118 valence electrons. The molecule has 0 spiro atoms. The summed E-state index contributed by atoms with van der Waals surface area (Å²) in [5.41, 5.74) is 0.431. The number of aliphatic carboxylic acids is 1. The molecule has 0 saturated carbocycles. The number of hydrogen-bond donors (Lipinski definition) is 3. The van der Waals surface area contributed by atoms with Crippen LogP contribution in [0.2, 0.25) is 0 Å². The molecule has 0 aliphatic heterocycles. The van der Waals surface area contributed by atoms with Crippen LogP contribution in [0.3, 0.4) is 0 Å². The van der Waals surface area contributed by atoms with Crippen molar-refractivity contribution < 1.29 is 19.4 Å². The van der Waals surface area contributed by atoms with E-state index < -0.39 is 18.0 Å². The lowest BCUT2D eigenvalue weighted by Crippen LogP contribution is -2.41. The minimum Gasteiger partial charge on any atom is -0.479 e. The Labute approximate surface area is 123 Å². The normalized spacial score (nSPS) is 11.9. The van der Waals surface area contributed by atoms with E-state index >= 15 is 0 Å². The zero-order chi connectivity index (χ0) is 15.7. The van der Waals surface area contributed by atoms with Gasteiger partial charge in [-0.15, -0.1) is 0 Å². The zero-order valence-corrected chi connectivity index (χ0v) is 12.3. The highest BCUT2D eigenvalue weighted by molar-refractivity contribution is 5.83. The Balaban J connectivity index is 2.35. The van der Waals surface area contributed by atoms with Crippen molar-refractivity contribution in [2.75, 3.05) is 20.3 Å². The molecule has 21 heavy (non-hydrogen) atoms. The molecule has 1 unspecified atom stereocenters. The molecule has 0 aliphatic carbocycles. The Kier molecular flexibility index (Phi) is 7.24. The number of urea groups is 1. The summed E-state index contributed by atoms with van der Waals surface area (Å²) in [6.45, 7) is 1.20. The highest BCUT2D eigenvalue weighted by Crippen LogP contribution is 2.11. The van der Waals surface area contributed by atoms with Gasteiger partial charge in [0.2, 0.25) is 0 Å². The van der Waals surface area contributed by atoms with Crippen molar-refractivity contribution in [1.29, 1.82) is 0 Å². The molecule has 2 amide bonds. The second-order valence-corrected chi connectivity index (χ2v) is 4.67. The average molecular weight is 298 g/mol. The monoisotopic (exact) mass is 298 g/mol. The van der Waals surface area contributed by atoms with Crippen LogP contribution in [0.5, 0.6) is 0 Å². The van der Waals surface area contributed by atoms with Crippen molar-refractivity contribution in [3.63, 3.8) is 0 Å². The molecular formula is C13H22N4O4. The van der Waals surface area contributed by atoms with Crippen LogP contribution in [-0.4, -0.2) is 47.1 Å². The molecule has 0 aliphatic rings. The zero-order valence-electron chi connectivity index (χ0n) is 12.3. The van der Waals surface area contributed by atoms with Crippen LogP contribution in [0.4, 0.5) is 4.79 Å². The fourth-order valence-corrected chi connectivity index (χ4v) is 1.81. The first kappa shape index (κ1) is 17.0. The molecule has 0 fully saturated rings.